The number of amides is 1. The standard InChI is InChI=1S/C20H23N3O3/c1-20(2,3)23-11-12(10-21)17-14(9-16(24)22-19(17)23)13-7-6-8-15(25-4)18(13)26-5/h6-8,11,14H,9H2,1-5H3,(H,22,24)/t14-/m0/s1. The Morgan fingerprint density at radius 1 is 1.27 bits per heavy atom. The van der Waals surface area contributed by atoms with Crippen molar-refractivity contribution in [2.75, 3.05) is 19.5 Å². The van der Waals surface area contributed by atoms with E-state index in [1.165, 1.54) is 0 Å². The summed E-state index contributed by atoms with van der Waals surface area (Å²) in [6.45, 7) is 6.11. The molecule has 1 amide bonds. The van der Waals surface area contributed by atoms with Crippen molar-refractivity contribution in [2.45, 2.75) is 38.6 Å². The van der Waals surface area contributed by atoms with Gasteiger partial charge in [0.15, 0.2) is 11.5 Å². The van der Waals surface area contributed by atoms with Crippen molar-refractivity contribution in [3.05, 3.63) is 41.1 Å². The average Bonchev–Trinajstić information content (AvgIpc) is 2.98. The maximum absolute atomic E-state index is 12.5. The Kier molecular flexibility index (Phi) is 4.41. The van der Waals surface area contributed by atoms with Crippen molar-refractivity contribution < 1.29 is 14.3 Å². The van der Waals surface area contributed by atoms with E-state index in [0.717, 1.165) is 11.1 Å². The van der Waals surface area contributed by atoms with Crippen LogP contribution in [-0.4, -0.2) is 24.7 Å². The molecular weight excluding hydrogens is 330 g/mol. The molecule has 0 bridgehead atoms. The zero-order valence-corrected chi connectivity index (χ0v) is 15.7. The highest BCUT2D eigenvalue weighted by Crippen LogP contribution is 2.46. The third-order valence-electron chi connectivity index (χ3n) is 4.69. The van der Waals surface area contributed by atoms with Crippen molar-refractivity contribution in [1.29, 1.82) is 5.26 Å². The fraction of sp³-hybridized carbons (Fsp3) is 0.400. The lowest BCUT2D eigenvalue weighted by Gasteiger charge is -2.30. The molecule has 0 fully saturated rings. The molecule has 1 aromatic carbocycles. The Labute approximate surface area is 153 Å². The van der Waals surface area contributed by atoms with Gasteiger partial charge in [-0.05, 0) is 26.8 Å². The fourth-order valence-corrected chi connectivity index (χ4v) is 3.54. The summed E-state index contributed by atoms with van der Waals surface area (Å²) in [6.07, 6.45) is 2.06. The van der Waals surface area contributed by atoms with Gasteiger partial charge in [0.25, 0.3) is 0 Å². The molecule has 3 rings (SSSR count). The highest BCUT2D eigenvalue weighted by Gasteiger charge is 2.36. The monoisotopic (exact) mass is 353 g/mol. The summed E-state index contributed by atoms with van der Waals surface area (Å²) in [5.74, 6) is 1.52. The molecule has 136 valence electrons. The Morgan fingerprint density at radius 2 is 2.00 bits per heavy atom. The lowest BCUT2D eigenvalue weighted by Crippen LogP contribution is -2.29. The van der Waals surface area contributed by atoms with Crippen LogP contribution in [0.15, 0.2) is 24.4 Å². The number of carbonyl (C=O) groups is 1. The van der Waals surface area contributed by atoms with E-state index in [9.17, 15) is 10.1 Å². The van der Waals surface area contributed by atoms with Crippen LogP contribution in [0.4, 0.5) is 5.82 Å². The Hall–Kier alpha value is -2.94. The molecule has 1 atom stereocenters. The number of rotatable bonds is 3. The molecule has 1 aliphatic rings. The van der Waals surface area contributed by atoms with Crippen molar-refractivity contribution in [3.63, 3.8) is 0 Å². The second kappa shape index (κ2) is 6.41. The number of hydrogen-bond donors (Lipinski definition) is 1. The van der Waals surface area contributed by atoms with Crippen LogP contribution < -0.4 is 14.8 Å². The number of hydrogen-bond acceptors (Lipinski definition) is 4. The molecular formula is C20H23N3O3. The third-order valence-corrected chi connectivity index (χ3v) is 4.69. The molecule has 0 unspecified atom stereocenters. The van der Waals surface area contributed by atoms with Crippen molar-refractivity contribution in [3.8, 4) is 17.6 Å². The van der Waals surface area contributed by atoms with Crippen molar-refractivity contribution in [2.24, 2.45) is 0 Å². The van der Waals surface area contributed by atoms with E-state index in [4.69, 9.17) is 9.47 Å². The summed E-state index contributed by atoms with van der Waals surface area (Å²) < 4.78 is 12.9. The van der Waals surface area contributed by atoms with Gasteiger partial charge in [-0.3, -0.25) is 4.79 Å². The second-order valence-corrected chi connectivity index (χ2v) is 7.35. The Bertz CT molecular complexity index is 900. The summed E-state index contributed by atoms with van der Waals surface area (Å²) in [7, 11) is 3.16. The van der Waals surface area contributed by atoms with Crippen LogP contribution >= 0.6 is 0 Å². The summed E-state index contributed by atoms with van der Waals surface area (Å²) in [4.78, 5) is 12.5. The van der Waals surface area contributed by atoms with Crippen LogP contribution in [0, 0.1) is 11.3 Å². The molecule has 0 aliphatic carbocycles. The minimum absolute atomic E-state index is 0.0829. The quantitative estimate of drug-likeness (QED) is 0.914. The number of anilines is 1. The smallest absolute Gasteiger partial charge is 0.226 e. The molecule has 1 aromatic heterocycles. The average molecular weight is 353 g/mol. The number of nitrogens with zero attached hydrogens (tertiary/aromatic N) is 2. The molecule has 6 heteroatoms. The number of fused-ring (bicyclic) bond motifs is 1. The normalized spacial score (nSPS) is 16.5. The van der Waals surface area contributed by atoms with Crippen LogP contribution in [0.2, 0.25) is 0 Å². The van der Waals surface area contributed by atoms with E-state index < -0.39 is 0 Å². The number of ether oxygens (including phenoxy) is 2. The minimum Gasteiger partial charge on any atom is -0.493 e. The Morgan fingerprint density at radius 3 is 2.58 bits per heavy atom. The van der Waals surface area contributed by atoms with E-state index in [1.807, 2.05) is 49.7 Å². The molecule has 1 aliphatic heterocycles. The van der Waals surface area contributed by atoms with Gasteiger partial charge in [-0.15, -0.1) is 0 Å². The number of benzene rings is 1. The van der Waals surface area contributed by atoms with Gasteiger partial charge in [-0.2, -0.15) is 5.26 Å². The van der Waals surface area contributed by atoms with Crippen molar-refractivity contribution >= 4 is 11.7 Å². The molecule has 0 radical (unpaired) electrons. The van der Waals surface area contributed by atoms with Gasteiger partial charge in [0.1, 0.15) is 11.9 Å². The van der Waals surface area contributed by atoms with Crippen LogP contribution in [0.3, 0.4) is 0 Å². The van der Waals surface area contributed by atoms with Crippen molar-refractivity contribution in [1.82, 2.24) is 4.57 Å². The maximum Gasteiger partial charge on any atom is 0.226 e. The first-order valence-corrected chi connectivity index (χ1v) is 8.48. The number of nitrogens with one attached hydrogen (secondary N) is 1. The highest BCUT2D eigenvalue weighted by molar-refractivity contribution is 5.95. The summed E-state index contributed by atoms with van der Waals surface area (Å²) in [6, 6.07) is 7.89. The summed E-state index contributed by atoms with van der Waals surface area (Å²) in [5.41, 5.74) is 1.96. The van der Waals surface area contributed by atoms with Gasteiger partial charge in [-0.25, -0.2) is 0 Å². The molecule has 6 nitrogen and oxygen atoms in total. The number of nitriles is 1. The molecule has 0 saturated heterocycles. The van der Waals surface area contributed by atoms with Crippen LogP contribution in [0.25, 0.3) is 0 Å². The third kappa shape index (κ3) is 2.80. The lowest BCUT2D eigenvalue weighted by molar-refractivity contribution is -0.116. The number of para-hydroxylation sites is 1. The first kappa shape index (κ1) is 17.9. The zero-order chi connectivity index (χ0) is 19.1. The van der Waals surface area contributed by atoms with Gasteiger partial charge in [-0.1, -0.05) is 12.1 Å². The topological polar surface area (TPSA) is 76.3 Å². The molecule has 2 aromatic rings. The zero-order valence-electron chi connectivity index (χ0n) is 15.7. The maximum atomic E-state index is 12.5. The number of carbonyl (C=O) groups excluding carboxylic acids is 1. The fourth-order valence-electron chi connectivity index (χ4n) is 3.54. The highest BCUT2D eigenvalue weighted by atomic mass is 16.5. The molecule has 2 heterocycles. The van der Waals surface area contributed by atoms with Gasteiger partial charge in [0, 0.05) is 35.2 Å². The number of aromatic nitrogens is 1. The molecule has 26 heavy (non-hydrogen) atoms. The van der Waals surface area contributed by atoms with Crippen LogP contribution in [0.1, 0.15) is 49.8 Å². The predicted molar refractivity (Wildman–Crippen MR) is 98.8 cm³/mol. The summed E-state index contributed by atoms with van der Waals surface area (Å²) >= 11 is 0. The van der Waals surface area contributed by atoms with Crippen LogP contribution in [-0.2, 0) is 10.3 Å². The minimum atomic E-state index is -0.276. The molecule has 0 spiro atoms. The van der Waals surface area contributed by atoms with E-state index in [1.54, 1.807) is 14.2 Å². The van der Waals surface area contributed by atoms with E-state index in [-0.39, 0.29) is 23.8 Å². The summed E-state index contributed by atoms with van der Waals surface area (Å²) in [5, 5.41) is 12.7. The van der Waals surface area contributed by atoms with Gasteiger partial charge < -0.3 is 19.4 Å². The van der Waals surface area contributed by atoms with Crippen LogP contribution in [0.5, 0.6) is 11.5 Å². The van der Waals surface area contributed by atoms with Gasteiger partial charge in [0.05, 0.1) is 19.8 Å². The SMILES string of the molecule is COc1cccc([C@@H]2CC(=O)Nc3c2c(C#N)cn3C(C)(C)C)c1OC. The van der Waals surface area contributed by atoms with Gasteiger partial charge in [0.2, 0.25) is 5.91 Å². The predicted octanol–water partition coefficient (Wildman–Crippen LogP) is 3.61. The first-order valence-electron chi connectivity index (χ1n) is 8.48. The van der Waals surface area contributed by atoms with E-state index >= 15 is 0 Å². The second-order valence-electron chi connectivity index (χ2n) is 7.35. The lowest BCUT2D eigenvalue weighted by atomic mass is 9.84. The first-order chi connectivity index (χ1) is 12.3. The number of methoxy groups -OCH3 is 2. The Balaban J connectivity index is 2.27. The molecule has 1 N–H and O–H groups in total. The van der Waals surface area contributed by atoms with E-state index in [0.29, 0.717) is 22.9 Å². The largest absolute Gasteiger partial charge is 0.493 e. The molecule has 0 saturated carbocycles. The van der Waals surface area contributed by atoms with Gasteiger partial charge >= 0.3 is 0 Å². The van der Waals surface area contributed by atoms with E-state index in [2.05, 4.69) is 11.4 Å².